The summed E-state index contributed by atoms with van der Waals surface area (Å²) in [5, 5.41) is 5.00. The number of nitrogens with two attached hydrogens (primary N) is 1. The third-order valence-corrected chi connectivity index (χ3v) is 3.01. The Hall–Kier alpha value is -1.40. The Morgan fingerprint density at radius 2 is 1.94 bits per heavy atom. The SMILES string of the molecule is Cc1ccc(S(N)(=O)=O)cc1C(=O)OC(C)C. The summed E-state index contributed by atoms with van der Waals surface area (Å²) >= 11 is 0. The van der Waals surface area contributed by atoms with Gasteiger partial charge in [0.2, 0.25) is 10.0 Å². The molecule has 0 unspecified atom stereocenters. The summed E-state index contributed by atoms with van der Waals surface area (Å²) in [4.78, 5) is 11.6. The van der Waals surface area contributed by atoms with E-state index >= 15 is 0 Å². The molecule has 0 radical (unpaired) electrons. The molecule has 2 N–H and O–H groups in total. The molecule has 6 heteroatoms. The number of hydrogen-bond acceptors (Lipinski definition) is 4. The highest BCUT2D eigenvalue weighted by molar-refractivity contribution is 7.89. The van der Waals surface area contributed by atoms with E-state index in [0.29, 0.717) is 5.56 Å². The quantitative estimate of drug-likeness (QED) is 0.824. The molecule has 0 saturated heterocycles. The molecule has 0 bridgehead atoms. The average molecular weight is 257 g/mol. The summed E-state index contributed by atoms with van der Waals surface area (Å²) in [6.45, 7) is 5.14. The molecule has 1 aromatic rings. The van der Waals surface area contributed by atoms with Crippen LogP contribution < -0.4 is 5.14 Å². The Labute approximate surface area is 101 Å². The molecule has 1 rings (SSSR count). The van der Waals surface area contributed by atoms with E-state index in [-0.39, 0.29) is 16.6 Å². The number of aryl methyl sites for hydroxylation is 1. The second-order valence-electron chi connectivity index (χ2n) is 3.98. The van der Waals surface area contributed by atoms with E-state index in [4.69, 9.17) is 9.88 Å². The molecule has 0 spiro atoms. The monoisotopic (exact) mass is 257 g/mol. The number of carbonyl (C=O) groups is 1. The normalized spacial score (nSPS) is 11.6. The van der Waals surface area contributed by atoms with Gasteiger partial charge >= 0.3 is 5.97 Å². The molecule has 0 fully saturated rings. The molecule has 0 amide bonds. The second-order valence-corrected chi connectivity index (χ2v) is 5.54. The molecule has 0 atom stereocenters. The van der Waals surface area contributed by atoms with E-state index in [0.717, 1.165) is 0 Å². The molecular weight excluding hydrogens is 242 g/mol. The van der Waals surface area contributed by atoms with Gasteiger partial charge in [0, 0.05) is 0 Å². The molecule has 0 aliphatic heterocycles. The standard InChI is InChI=1S/C11H15NO4S/c1-7(2)16-11(13)10-6-9(17(12,14)15)5-4-8(10)3/h4-7H,1-3H3,(H2,12,14,15). The summed E-state index contributed by atoms with van der Waals surface area (Å²) in [5.74, 6) is -0.553. The third-order valence-electron chi connectivity index (χ3n) is 2.10. The Balaban J connectivity index is 3.20. The van der Waals surface area contributed by atoms with Crippen molar-refractivity contribution in [2.75, 3.05) is 0 Å². The molecule has 0 heterocycles. The fourth-order valence-corrected chi connectivity index (χ4v) is 1.82. The summed E-state index contributed by atoms with van der Waals surface area (Å²) < 4.78 is 27.3. The van der Waals surface area contributed by atoms with Crippen LogP contribution >= 0.6 is 0 Å². The molecule has 17 heavy (non-hydrogen) atoms. The van der Waals surface area contributed by atoms with Crippen molar-refractivity contribution >= 4 is 16.0 Å². The predicted molar refractivity (Wildman–Crippen MR) is 63.1 cm³/mol. The topological polar surface area (TPSA) is 86.5 Å². The number of hydrogen-bond donors (Lipinski definition) is 1. The summed E-state index contributed by atoms with van der Waals surface area (Å²) in [5.41, 5.74) is 0.855. The first kappa shape index (κ1) is 13.7. The summed E-state index contributed by atoms with van der Waals surface area (Å²) in [7, 11) is -3.81. The van der Waals surface area contributed by atoms with Crippen molar-refractivity contribution in [2.45, 2.75) is 31.8 Å². The zero-order valence-corrected chi connectivity index (χ0v) is 10.7. The highest BCUT2D eigenvalue weighted by Crippen LogP contribution is 2.16. The van der Waals surface area contributed by atoms with Crippen molar-refractivity contribution in [3.8, 4) is 0 Å². The van der Waals surface area contributed by atoms with Crippen molar-refractivity contribution in [1.82, 2.24) is 0 Å². The third kappa shape index (κ3) is 3.54. The maximum atomic E-state index is 11.7. The Bertz CT molecular complexity index is 534. The Morgan fingerprint density at radius 1 is 1.35 bits per heavy atom. The van der Waals surface area contributed by atoms with E-state index in [9.17, 15) is 13.2 Å². The van der Waals surface area contributed by atoms with Gasteiger partial charge in [0.05, 0.1) is 16.6 Å². The number of rotatable bonds is 3. The zero-order valence-electron chi connectivity index (χ0n) is 9.93. The second kappa shape index (κ2) is 4.85. The van der Waals surface area contributed by atoms with Gasteiger partial charge in [-0.25, -0.2) is 18.4 Å². The molecule has 0 aromatic heterocycles. The molecule has 0 aliphatic rings. The molecule has 5 nitrogen and oxygen atoms in total. The molecule has 1 aromatic carbocycles. The fraction of sp³-hybridized carbons (Fsp3) is 0.364. The number of primary sulfonamides is 1. The van der Waals surface area contributed by atoms with Gasteiger partial charge in [0.25, 0.3) is 0 Å². The van der Waals surface area contributed by atoms with Crippen molar-refractivity contribution in [3.05, 3.63) is 29.3 Å². The van der Waals surface area contributed by atoms with Crippen LogP contribution in [0.25, 0.3) is 0 Å². The first-order valence-electron chi connectivity index (χ1n) is 5.06. The van der Waals surface area contributed by atoms with Crippen molar-refractivity contribution in [3.63, 3.8) is 0 Å². The van der Waals surface area contributed by atoms with E-state index in [1.807, 2.05) is 0 Å². The van der Waals surface area contributed by atoms with Crippen molar-refractivity contribution in [2.24, 2.45) is 5.14 Å². The summed E-state index contributed by atoms with van der Waals surface area (Å²) in [6.07, 6.45) is -0.264. The highest BCUT2D eigenvalue weighted by Gasteiger charge is 2.16. The first-order chi connectivity index (χ1) is 7.71. The number of sulfonamides is 1. The van der Waals surface area contributed by atoms with Gasteiger partial charge in [-0.1, -0.05) is 6.07 Å². The van der Waals surface area contributed by atoms with Crippen LogP contribution in [0.3, 0.4) is 0 Å². The van der Waals surface area contributed by atoms with E-state index in [1.54, 1.807) is 20.8 Å². The lowest BCUT2D eigenvalue weighted by atomic mass is 10.1. The highest BCUT2D eigenvalue weighted by atomic mass is 32.2. The first-order valence-corrected chi connectivity index (χ1v) is 6.61. The molecule has 0 saturated carbocycles. The number of ether oxygens (including phenoxy) is 1. The van der Waals surface area contributed by atoms with Crippen LogP contribution in [0.1, 0.15) is 29.8 Å². The summed E-state index contributed by atoms with van der Waals surface area (Å²) in [6, 6.07) is 4.11. The van der Waals surface area contributed by atoms with E-state index < -0.39 is 16.0 Å². The smallest absolute Gasteiger partial charge is 0.338 e. The average Bonchev–Trinajstić information content (AvgIpc) is 2.15. The van der Waals surface area contributed by atoms with Gasteiger partial charge in [-0.05, 0) is 38.5 Å². The number of esters is 1. The van der Waals surface area contributed by atoms with Gasteiger partial charge in [-0.3, -0.25) is 0 Å². The molecule has 0 aliphatic carbocycles. The van der Waals surface area contributed by atoms with Gasteiger partial charge in [0.15, 0.2) is 0 Å². The maximum absolute atomic E-state index is 11.7. The number of benzene rings is 1. The van der Waals surface area contributed by atoms with Gasteiger partial charge < -0.3 is 4.74 Å². The van der Waals surface area contributed by atoms with Gasteiger partial charge in [-0.15, -0.1) is 0 Å². The Morgan fingerprint density at radius 3 is 2.41 bits per heavy atom. The zero-order chi connectivity index (χ0) is 13.2. The lowest BCUT2D eigenvalue weighted by Gasteiger charge is -2.10. The minimum absolute atomic E-state index is 0.0983. The Kier molecular flexibility index (Phi) is 3.90. The predicted octanol–water partition coefficient (Wildman–Crippen LogP) is 1.21. The lowest BCUT2D eigenvalue weighted by Crippen LogP contribution is -2.16. The van der Waals surface area contributed by atoms with Crippen LogP contribution in [-0.4, -0.2) is 20.5 Å². The number of carbonyl (C=O) groups excluding carboxylic acids is 1. The molecular formula is C11H15NO4S. The van der Waals surface area contributed by atoms with Crippen LogP contribution in [0, 0.1) is 6.92 Å². The fourth-order valence-electron chi connectivity index (χ4n) is 1.28. The van der Waals surface area contributed by atoms with Crippen LogP contribution in [0.2, 0.25) is 0 Å². The van der Waals surface area contributed by atoms with Crippen LogP contribution in [0.5, 0.6) is 0 Å². The largest absolute Gasteiger partial charge is 0.459 e. The van der Waals surface area contributed by atoms with E-state index in [1.165, 1.54) is 18.2 Å². The van der Waals surface area contributed by atoms with Crippen LogP contribution in [0.15, 0.2) is 23.1 Å². The van der Waals surface area contributed by atoms with E-state index in [2.05, 4.69) is 0 Å². The minimum Gasteiger partial charge on any atom is -0.459 e. The lowest BCUT2D eigenvalue weighted by molar-refractivity contribution is 0.0377. The maximum Gasteiger partial charge on any atom is 0.338 e. The van der Waals surface area contributed by atoms with Gasteiger partial charge in [0.1, 0.15) is 0 Å². The molecule has 94 valence electrons. The van der Waals surface area contributed by atoms with Crippen LogP contribution in [0.4, 0.5) is 0 Å². The van der Waals surface area contributed by atoms with Gasteiger partial charge in [-0.2, -0.15) is 0 Å². The van der Waals surface area contributed by atoms with Crippen molar-refractivity contribution < 1.29 is 17.9 Å². The van der Waals surface area contributed by atoms with Crippen LogP contribution in [-0.2, 0) is 14.8 Å². The minimum atomic E-state index is -3.81. The van der Waals surface area contributed by atoms with Crippen molar-refractivity contribution in [1.29, 1.82) is 0 Å².